The number of hydrogen-bond donors (Lipinski definition) is 0. The van der Waals surface area contributed by atoms with Crippen LogP contribution < -0.4 is 0 Å². The molecule has 0 aromatic carbocycles. The van der Waals surface area contributed by atoms with Crippen LogP contribution in [-0.4, -0.2) is 18.0 Å². The molecular formula is C16H23ClO2S. The minimum Gasteiger partial charge on any atom is -0.367 e. The lowest BCUT2D eigenvalue weighted by molar-refractivity contribution is -0.0477. The molecule has 2 nitrogen and oxygen atoms in total. The first-order valence-corrected chi connectivity index (χ1v) is 8.41. The summed E-state index contributed by atoms with van der Waals surface area (Å²) in [5.74, 6) is 0.695. The fourth-order valence-electron chi connectivity index (χ4n) is 3.36. The molecule has 1 aliphatic rings. The highest BCUT2D eigenvalue weighted by Crippen LogP contribution is 2.40. The lowest BCUT2D eigenvalue weighted by atomic mass is 9.71. The molecule has 1 aliphatic carbocycles. The van der Waals surface area contributed by atoms with Gasteiger partial charge in [-0.3, -0.25) is 4.79 Å². The van der Waals surface area contributed by atoms with Crippen LogP contribution in [0, 0.1) is 11.3 Å². The van der Waals surface area contributed by atoms with Gasteiger partial charge in [0, 0.05) is 0 Å². The van der Waals surface area contributed by atoms with Gasteiger partial charge < -0.3 is 4.74 Å². The second kappa shape index (κ2) is 6.17. The van der Waals surface area contributed by atoms with E-state index in [4.69, 9.17) is 16.3 Å². The van der Waals surface area contributed by atoms with Crippen molar-refractivity contribution in [3.63, 3.8) is 0 Å². The van der Waals surface area contributed by atoms with E-state index in [2.05, 4.69) is 20.8 Å². The van der Waals surface area contributed by atoms with E-state index >= 15 is 0 Å². The Morgan fingerprint density at radius 2 is 2.15 bits per heavy atom. The Hall–Kier alpha value is -0.380. The molecular weight excluding hydrogens is 292 g/mol. The molecule has 0 aliphatic heterocycles. The quantitative estimate of drug-likeness (QED) is 0.714. The number of ether oxygens (including phenoxy) is 1. The zero-order valence-electron chi connectivity index (χ0n) is 12.6. The molecule has 0 bridgehead atoms. The molecule has 112 valence electrons. The van der Waals surface area contributed by atoms with Crippen molar-refractivity contribution in [2.75, 3.05) is 0 Å². The molecule has 3 unspecified atom stereocenters. The van der Waals surface area contributed by atoms with Gasteiger partial charge in [-0.05, 0) is 49.7 Å². The van der Waals surface area contributed by atoms with Gasteiger partial charge in [0.15, 0.2) is 0 Å². The number of Topliss-reactive ketones (excluding diaryl/α,β-unsaturated/α-hetero) is 1. The minimum atomic E-state index is -0.393. The SMILES string of the molecule is CC1CC(OC(C)C(=O)c2ccc(Cl)s2)CC(C)(C)C1. The van der Waals surface area contributed by atoms with Gasteiger partial charge in [0.05, 0.1) is 15.3 Å². The van der Waals surface area contributed by atoms with Crippen LogP contribution in [0.5, 0.6) is 0 Å². The second-order valence-electron chi connectivity index (χ2n) is 6.78. The zero-order chi connectivity index (χ0) is 14.9. The predicted octanol–water partition coefficient (Wildman–Crippen LogP) is 5.20. The third-order valence-corrected chi connectivity index (χ3v) is 5.17. The standard InChI is InChI=1S/C16H23ClO2S/c1-10-7-12(9-16(3,4)8-10)19-11(2)15(18)13-5-6-14(17)20-13/h5-6,10-12H,7-9H2,1-4H3. The molecule has 1 heterocycles. The highest BCUT2D eigenvalue weighted by Gasteiger charge is 2.34. The van der Waals surface area contributed by atoms with E-state index in [0.29, 0.717) is 20.5 Å². The van der Waals surface area contributed by atoms with Gasteiger partial charge in [-0.2, -0.15) is 0 Å². The summed E-state index contributed by atoms with van der Waals surface area (Å²) in [5, 5.41) is 0. The maximum absolute atomic E-state index is 12.3. The smallest absolute Gasteiger partial charge is 0.201 e. The van der Waals surface area contributed by atoms with Gasteiger partial charge >= 0.3 is 0 Å². The number of carbonyl (C=O) groups is 1. The highest BCUT2D eigenvalue weighted by molar-refractivity contribution is 7.18. The van der Waals surface area contributed by atoms with Gasteiger partial charge in [-0.1, -0.05) is 32.4 Å². The fraction of sp³-hybridized carbons (Fsp3) is 0.688. The Morgan fingerprint density at radius 1 is 1.45 bits per heavy atom. The van der Waals surface area contributed by atoms with E-state index < -0.39 is 6.10 Å². The van der Waals surface area contributed by atoms with Gasteiger partial charge in [-0.15, -0.1) is 11.3 Å². The van der Waals surface area contributed by atoms with Crippen LogP contribution >= 0.6 is 22.9 Å². The summed E-state index contributed by atoms with van der Waals surface area (Å²) >= 11 is 7.21. The zero-order valence-corrected chi connectivity index (χ0v) is 14.2. The predicted molar refractivity (Wildman–Crippen MR) is 84.8 cm³/mol. The number of ketones is 1. The summed E-state index contributed by atoms with van der Waals surface area (Å²) in [6.45, 7) is 8.68. The van der Waals surface area contributed by atoms with Crippen LogP contribution in [0.4, 0.5) is 0 Å². The molecule has 0 saturated heterocycles. The van der Waals surface area contributed by atoms with Crippen molar-refractivity contribution in [2.45, 2.75) is 59.2 Å². The third-order valence-electron chi connectivity index (χ3n) is 3.93. The van der Waals surface area contributed by atoms with E-state index in [0.717, 1.165) is 12.8 Å². The van der Waals surface area contributed by atoms with Crippen molar-refractivity contribution >= 4 is 28.7 Å². The summed E-state index contributed by atoms with van der Waals surface area (Å²) in [6, 6.07) is 3.54. The molecule has 3 atom stereocenters. The Labute approximate surface area is 130 Å². The molecule has 0 spiro atoms. The topological polar surface area (TPSA) is 26.3 Å². The minimum absolute atomic E-state index is 0.0398. The van der Waals surface area contributed by atoms with Crippen molar-refractivity contribution in [2.24, 2.45) is 11.3 Å². The largest absolute Gasteiger partial charge is 0.367 e. The molecule has 0 amide bonds. The molecule has 1 saturated carbocycles. The Kier molecular flexibility index (Phi) is 4.93. The first-order chi connectivity index (χ1) is 9.27. The van der Waals surface area contributed by atoms with E-state index in [-0.39, 0.29) is 11.9 Å². The monoisotopic (exact) mass is 314 g/mol. The van der Waals surface area contributed by atoms with E-state index in [1.54, 1.807) is 12.1 Å². The molecule has 1 fully saturated rings. The Morgan fingerprint density at radius 3 is 2.70 bits per heavy atom. The number of carbonyl (C=O) groups excluding carboxylic acids is 1. The number of thiophene rings is 1. The van der Waals surface area contributed by atoms with Crippen LogP contribution in [-0.2, 0) is 4.74 Å². The Bertz CT molecular complexity index is 481. The average Bonchev–Trinajstić information content (AvgIpc) is 2.71. The molecule has 20 heavy (non-hydrogen) atoms. The highest BCUT2D eigenvalue weighted by atomic mass is 35.5. The first kappa shape index (κ1) is 16.0. The van der Waals surface area contributed by atoms with Crippen molar-refractivity contribution in [3.8, 4) is 0 Å². The van der Waals surface area contributed by atoms with Crippen molar-refractivity contribution in [3.05, 3.63) is 21.3 Å². The maximum Gasteiger partial charge on any atom is 0.201 e. The lowest BCUT2D eigenvalue weighted by Gasteiger charge is -2.39. The lowest BCUT2D eigenvalue weighted by Crippen LogP contribution is -2.36. The fourth-order valence-corrected chi connectivity index (χ4v) is 4.42. The summed E-state index contributed by atoms with van der Waals surface area (Å²) in [5.41, 5.74) is 0.303. The molecule has 2 rings (SSSR count). The molecule has 4 heteroatoms. The number of rotatable bonds is 4. The van der Waals surface area contributed by atoms with Crippen LogP contribution in [0.1, 0.15) is 56.6 Å². The van der Waals surface area contributed by atoms with E-state index in [1.165, 1.54) is 17.8 Å². The van der Waals surface area contributed by atoms with E-state index in [9.17, 15) is 4.79 Å². The second-order valence-corrected chi connectivity index (χ2v) is 8.50. The summed E-state index contributed by atoms with van der Waals surface area (Å²) in [7, 11) is 0. The average molecular weight is 315 g/mol. The van der Waals surface area contributed by atoms with E-state index in [1.807, 2.05) is 6.92 Å². The summed E-state index contributed by atoms with van der Waals surface area (Å²) in [6.07, 6.45) is 3.10. The van der Waals surface area contributed by atoms with Crippen LogP contribution in [0.3, 0.4) is 0 Å². The van der Waals surface area contributed by atoms with Gasteiger partial charge in [0.2, 0.25) is 5.78 Å². The Balaban J connectivity index is 1.97. The number of halogens is 1. The summed E-state index contributed by atoms with van der Waals surface area (Å²) in [4.78, 5) is 13.0. The van der Waals surface area contributed by atoms with Crippen molar-refractivity contribution < 1.29 is 9.53 Å². The van der Waals surface area contributed by atoms with Crippen LogP contribution in [0.2, 0.25) is 4.34 Å². The van der Waals surface area contributed by atoms with Crippen molar-refractivity contribution in [1.29, 1.82) is 0 Å². The van der Waals surface area contributed by atoms with Gasteiger partial charge in [0.25, 0.3) is 0 Å². The number of hydrogen-bond acceptors (Lipinski definition) is 3. The molecule has 1 aromatic rings. The first-order valence-electron chi connectivity index (χ1n) is 7.22. The van der Waals surface area contributed by atoms with Crippen molar-refractivity contribution in [1.82, 2.24) is 0 Å². The maximum atomic E-state index is 12.3. The van der Waals surface area contributed by atoms with Gasteiger partial charge in [0.1, 0.15) is 6.10 Å². The van der Waals surface area contributed by atoms with Gasteiger partial charge in [-0.25, -0.2) is 0 Å². The van der Waals surface area contributed by atoms with Crippen LogP contribution in [0.25, 0.3) is 0 Å². The molecule has 1 aromatic heterocycles. The summed E-state index contributed by atoms with van der Waals surface area (Å²) < 4.78 is 6.68. The van der Waals surface area contributed by atoms with Crippen LogP contribution in [0.15, 0.2) is 12.1 Å². The molecule has 0 radical (unpaired) electrons. The normalized spacial score (nSPS) is 27.2. The molecule has 0 N–H and O–H groups in total. The third kappa shape index (κ3) is 4.06.